The fraction of sp³-hybridized carbons (Fsp3) is 0.600. The van der Waals surface area contributed by atoms with Gasteiger partial charge in [0.1, 0.15) is 17.3 Å². The SMILES string of the molecule is CCCCC(=O)CCC(=O)CCC1=CC=C(C)NO1. The highest BCUT2D eigenvalue weighted by Crippen LogP contribution is 2.13. The number of ketones is 2. The number of allylic oxidation sites excluding steroid dienone is 4. The molecule has 0 aromatic heterocycles. The van der Waals surface area contributed by atoms with Gasteiger partial charge < -0.3 is 4.84 Å². The van der Waals surface area contributed by atoms with E-state index < -0.39 is 0 Å². The van der Waals surface area contributed by atoms with Gasteiger partial charge >= 0.3 is 0 Å². The maximum atomic E-state index is 11.7. The molecule has 0 radical (unpaired) electrons. The third-order valence-corrected chi connectivity index (χ3v) is 3.00. The number of hydroxylamine groups is 1. The standard InChI is InChI=1S/C15H23NO3/c1-3-4-5-13(17)7-8-14(18)9-11-15-10-6-12(2)16-19-15/h6,10,16H,3-5,7-9,11H2,1-2H3. The van der Waals surface area contributed by atoms with E-state index in [9.17, 15) is 9.59 Å². The topological polar surface area (TPSA) is 55.4 Å². The molecule has 0 fully saturated rings. The number of hydrogen-bond donors (Lipinski definition) is 1. The molecular formula is C15H23NO3. The molecule has 0 aliphatic carbocycles. The van der Waals surface area contributed by atoms with Crippen LogP contribution >= 0.6 is 0 Å². The van der Waals surface area contributed by atoms with E-state index in [1.807, 2.05) is 19.1 Å². The molecule has 0 aromatic rings. The van der Waals surface area contributed by atoms with Crippen molar-refractivity contribution < 1.29 is 14.4 Å². The van der Waals surface area contributed by atoms with Crippen molar-refractivity contribution in [2.75, 3.05) is 0 Å². The van der Waals surface area contributed by atoms with Gasteiger partial charge in [0.05, 0.1) is 0 Å². The summed E-state index contributed by atoms with van der Waals surface area (Å²) in [5.74, 6) is 1.08. The van der Waals surface area contributed by atoms with Crippen LogP contribution in [0.25, 0.3) is 0 Å². The van der Waals surface area contributed by atoms with Crippen molar-refractivity contribution in [2.24, 2.45) is 0 Å². The Bertz CT molecular complexity index is 383. The van der Waals surface area contributed by atoms with Crippen LogP contribution in [0.3, 0.4) is 0 Å². The number of hydrogen-bond acceptors (Lipinski definition) is 4. The summed E-state index contributed by atoms with van der Waals surface area (Å²) in [6.07, 6.45) is 8.08. The second kappa shape index (κ2) is 8.51. The molecule has 19 heavy (non-hydrogen) atoms. The number of nitrogens with one attached hydrogen (secondary N) is 1. The first kappa shape index (κ1) is 15.5. The maximum absolute atomic E-state index is 11.7. The summed E-state index contributed by atoms with van der Waals surface area (Å²) < 4.78 is 0. The van der Waals surface area contributed by atoms with Crippen LogP contribution < -0.4 is 5.48 Å². The van der Waals surface area contributed by atoms with Gasteiger partial charge in [0, 0.05) is 37.8 Å². The molecule has 1 aliphatic rings. The highest BCUT2D eigenvalue weighted by Gasteiger charge is 2.10. The van der Waals surface area contributed by atoms with Crippen molar-refractivity contribution in [3.05, 3.63) is 23.6 Å². The monoisotopic (exact) mass is 265 g/mol. The van der Waals surface area contributed by atoms with Crippen LogP contribution in [-0.2, 0) is 14.4 Å². The Morgan fingerprint density at radius 1 is 1.11 bits per heavy atom. The van der Waals surface area contributed by atoms with Crippen molar-refractivity contribution in [1.82, 2.24) is 5.48 Å². The summed E-state index contributed by atoms with van der Waals surface area (Å²) >= 11 is 0. The first-order valence-corrected chi connectivity index (χ1v) is 6.95. The van der Waals surface area contributed by atoms with E-state index >= 15 is 0 Å². The predicted octanol–water partition coefficient (Wildman–Crippen LogP) is 3.20. The van der Waals surface area contributed by atoms with Crippen LogP contribution in [0.4, 0.5) is 0 Å². The molecule has 4 nitrogen and oxygen atoms in total. The van der Waals surface area contributed by atoms with Gasteiger partial charge in [-0.2, -0.15) is 0 Å². The third-order valence-electron chi connectivity index (χ3n) is 3.00. The lowest BCUT2D eigenvalue weighted by atomic mass is 10.0. The number of unbranched alkanes of at least 4 members (excludes halogenated alkanes) is 1. The van der Waals surface area contributed by atoms with Crippen molar-refractivity contribution in [2.45, 2.75) is 58.8 Å². The zero-order valence-electron chi connectivity index (χ0n) is 11.8. The number of rotatable bonds is 9. The Kier molecular flexibility index (Phi) is 6.93. The number of carbonyl (C=O) groups excluding carboxylic acids is 2. The molecule has 0 atom stereocenters. The highest BCUT2D eigenvalue weighted by atomic mass is 16.6. The Labute approximate surface area is 114 Å². The van der Waals surface area contributed by atoms with Gasteiger partial charge in [-0.05, 0) is 25.5 Å². The second-order valence-electron chi connectivity index (χ2n) is 4.87. The fourth-order valence-corrected chi connectivity index (χ4v) is 1.73. The smallest absolute Gasteiger partial charge is 0.133 e. The van der Waals surface area contributed by atoms with E-state index in [2.05, 4.69) is 12.4 Å². The van der Waals surface area contributed by atoms with Gasteiger partial charge in [0.25, 0.3) is 0 Å². The first-order chi connectivity index (χ1) is 9.11. The van der Waals surface area contributed by atoms with Gasteiger partial charge in [-0.3, -0.25) is 9.59 Å². The number of carbonyl (C=O) groups is 2. The Balaban J connectivity index is 2.16. The molecule has 1 heterocycles. The molecule has 1 N–H and O–H groups in total. The zero-order valence-corrected chi connectivity index (χ0v) is 11.8. The zero-order chi connectivity index (χ0) is 14.1. The highest BCUT2D eigenvalue weighted by molar-refractivity contribution is 5.86. The maximum Gasteiger partial charge on any atom is 0.133 e. The summed E-state index contributed by atoms with van der Waals surface area (Å²) in [5.41, 5.74) is 3.70. The van der Waals surface area contributed by atoms with Gasteiger partial charge in [0.15, 0.2) is 0 Å². The third kappa shape index (κ3) is 6.79. The lowest BCUT2D eigenvalue weighted by Crippen LogP contribution is -2.15. The quantitative estimate of drug-likeness (QED) is 0.695. The van der Waals surface area contributed by atoms with Crippen molar-refractivity contribution in [1.29, 1.82) is 0 Å². The molecular weight excluding hydrogens is 242 g/mol. The molecule has 1 aliphatic heterocycles. The largest absolute Gasteiger partial charge is 0.387 e. The van der Waals surface area contributed by atoms with Crippen LogP contribution in [0.5, 0.6) is 0 Å². The molecule has 4 heteroatoms. The molecule has 0 saturated heterocycles. The second-order valence-corrected chi connectivity index (χ2v) is 4.87. The lowest BCUT2D eigenvalue weighted by Gasteiger charge is -2.14. The van der Waals surface area contributed by atoms with Crippen LogP contribution in [0, 0.1) is 0 Å². The predicted molar refractivity (Wildman–Crippen MR) is 74.1 cm³/mol. The van der Waals surface area contributed by atoms with Crippen molar-refractivity contribution in [3.8, 4) is 0 Å². The number of Topliss-reactive ketones (excluding diaryl/α,β-unsaturated/α-hetero) is 2. The molecule has 0 unspecified atom stereocenters. The van der Waals surface area contributed by atoms with Crippen LogP contribution in [0.1, 0.15) is 58.8 Å². The van der Waals surface area contributed by atoms with E-state index in [1.165, 1.54) is 0 Å². The summed E-state index contributed by atoms with van der Waals surface area (Å²) in [6.45, 7) is 3.96. The minimum Gasteiger partial charge on any atom is -0.387 e. The van der Waals surface area contributed by atoms with E-state index in [-0.39, 0.29) is 11.6 Å². The first-order valence-electron chi connectivity index (χ1n) is 6.95. The average Bonchev–Trinajstić information content (AvgIpc) is 2.42. The van der Waals surface area contributed by atoms with Crippen molar-refractivity contribution >= 4 is 11.6 Å². The summed E-state index contributed by atoms with van der Waals surface area (Å²) in [5, 5.41) is 0. The molecule has 0 bridgehead atoms. The summed E-state index contributed by atoms with van der Waals surface area (Å²) in [6, 6.07) is 0. The minimum atomic E-state index is 0.126. The van der Waals surface area contributed by atoms with Gasteiger partial charge in [-0.25, -0.2) is 5.48 Å². The molecule has 0 saturated carbocycles. The van der Waals surface area contributed by atoms with Crippen LogP contribution in [0.2, 0.25) is 0 Å². The summed E-state index contributed by atoms with van der Waals surface area (Å²) in [4.78, 5) is 28.3. The molecule has 0 amide bonds. The van der Waals surface area contributed by atoms with Crippen molar-refractivity contribution in [3.63, 3.8) is 0 Å². The Hall–Kier alpha value is -1.58. The normalized spacial score (nSPS) is 14.0. The van der Waals surface area contributed by atoms with Crippen LogP contribution in [0.15, 0.2) is 23.6 Å². The van der Waals surface area contributed by atoms with Gasteiger partial charge in [-0.1, -0.05) is 13.3 Å². The van der Waals surface area contributed by atoms with Gasteiger partial charge in [-0.15, -0.1) is 0 Å². The minimum absolute atomic E-state index is 0.126. The van der Waals surface area contributed by atoms with Crippen LogP contribution in [-0.4, -0.2) is 11.6 Å². The Morgan fingerprint density at radius 3 is 2.37 bits per heavy atom. The lowest BCUT2D eigenvalue weighted by molar-refractivity contribution is -0.124. The average molecular weight is 265 g/mol. The van der Waals surface area contributed by atoms with E-state index in [1.54, 1.807) is 0 Å². The Morgan fingerprint density at radius 2 is 1.79 bits per heavy atom. The van der Waals surface area contributed by atoms with E-state index in [0.717, 1.165) is 24.3 Å². The molecule has 1 rings (SSSR count). The fourth-order valence-electron chi connectivity index (χ4n) is 1.73. The molecule has 106 valence electrons. The van der Waals surface area contributed by atoms with Gasteiger partial charge in [0.2, 0.25) is 0 Å². The summed E-state index contributed by atoms with van der Waals surface area (Å²) in [7, 11) is 0. The molecule has 0 spiro atoms. The van der Waals surface area contributed by atoms with E-state index in [4.69, 9.17) is 4.84 Å². The van der Waals surface area contributed by atoms with E-state index in [0.29, 0.717) is 32.1 Å². The molecule has 0 aromatic carbocycles.